The van der Waals surface area contributed by atoms with E-state index in [1.165, 1.54) is 27.5 Å². The molecule has 0 fully saturated rings. The monoisotopic (exact) mass is 603 g/mol. The van der Waals surface area contributed by atoms with Gasteiger partial charge in [0.25, 0.3) is 0 Å². The summed E-state index contributed by atoms with van der Waals surface area (Å²) in [4.78, 5) is 10.4. The molecule has 8 aromatic rings. The number of fused-ring (bicyclic) bond motifs is 4. The van der Waals surface area contributed by atoms with Gasteiger partial charge < -0.3 is 9.73 Å². The Morgan fingerprint density at radius 1 is 0.489 bits per heavy atom. The maximum atomic E-state index is 6.42. The molecule has 222 valence electrons. The van der Waals surface area contributed by atoms with Gasteiger partial charge in [0.05, 0.1) is 0 Å². The van der Waals surface area contributed by atoms with E-state index in [2.05, 4.69) is 133 Å². The third kappa shape index (κ3) is 4.88. The van der Waals surface area contributed by atoms with E-state index >= 15 is 0 Å². The molecular weight excluding hydrogens is 574 g/mol. The molecule has 0 saturated heterocycles. The maximum absolute atomic E-state index is 6.42. The minimum absolute atomic E-state index is 0.317. The zero-order valence-corrected chi connectivity index (χ0v) is 25.5. The number of rotatable bonds is 5. The number of aliphatic imine (C=N–C) groups is 2. The van der Waals surface area contributed by atoms with Gasteiger partial charge in [0.15, 0.2) is 5.84 Å². The SMILES string of the molecule is c1ccc(C2=NC(c3cccc4oc5ccc(-c6cccc7ccccc67)cc5c34)=NC(c3ccc(-c4ccccc4)cc3)N2)cc1. The maximum Gasteiger partial charge on any atom is 0.160 e. The molecule has 0 radical (unpaired) electrons. The lowest BCUT2D eigenvalue weighted by atomic mass is 9.96. The number of benzene rings is 7. The quantitative estimate of drug-likeness (QED) is 0.213. The Labute approximate surface area is 272 Å². The van der Waals surface area contributed by atoms with Gasteiger partial charge in [-0.3, -0.25) is 0 Å². The third-order valence-corrected chi connectivity index (χ3v) is 8.96. The number of nitrogens with zero attached hydrogens (tertiary/aromatic N) is 2. The van der Waals surface area contributed by atoms with Gasteiger partial charge in [-0.25, -0.2) is 9.98 Å². The van der Waals surface area contributed by atoms with Gasteiger partial charge in [-0.15, -0.1) is 0 Å². The van der Waals surface area contributed by atoms with Crippen LogP contribution in [-0.2, 0) is 0 Å². The molecule has 47 heavy (non-hydrogen) atoms. The molecular formula is C43H29N3O. The van der Waals surface area contributed by atoms with E-state index in [4.69, 9.17) is 14.4 Å². The van der Waals surface area contributed by atoms with Crippen molar-refractivity contribution in [3.8, 4) is 22.3 Å². The lowest BCUT2D eigenvalue weighted by molar-refractivity contribution is 0.668. The predicted octanol–water partition coefficient (Wildman–Crippen LogP) is 10.6. The van der Waals surface area contributed by atoms with Crippen molar-refractivity contribution in [3.05, 3.63) is 180 Å². The van der Waals surface area contributed by atoms with Crippen LogP contribution in [-0.4, -0.2) is 11.7 Å². The van der Waals surface area contributed by atoms with Crippen molar-refractivity contribution in [3.63, 3.8) is 0 Å². The summed E-state index contributed by atoms with van der Waals surface area (Å²) in [6.07, 6.45) is -0.317. The summed E-state index contributed by atoms with van der Waals surface area (Å²) in [5.41, 5.74) is 9.36. The molecule has 9 rings (SSSR count). The van der Waals surface area contributed by atoms with Crippen molar-refractivity contribution in [2.45, 2.75) is 6.17 Å². The number of hydrogen-bond acceptors (Lipinski definition) is 4. The van der Waals surface area contributed by atoms with Gasteiger partial charge in [0.1, 0.15) is 23.2 Å². The Balaban J connectivity index is 1.20. The Morgan fingerprint density at radius 3 is 1.98 bits per heavy atom. The van der Waals surface area contributed by atoms with Crippen LogP contribution >= 0.6 is 0 Å². The first-order valence-corrected chi connectivity index (χ1v) is 15.9. The molecule has 1 aromatic heterocycles. The molecule has 1 aliphatic rings. The number of furan rings is 1. The third-order valence-electron chi connectivity index (χ3n) is 8.96. The molecule has 7 aromatic carbocycles. The van der Waals surface area contributed by atoms with Crippen LogP contribution in [0.1, 0.15) is 22.9 Å². The van der Waals surface area contributed by atoms with Gasteiger partial charge >= 0.3 is 0 Å². The highest BCUT2D eigenvalue weighted by molar-refractivity contribution is 6.22. The zero-order valence-electron chi connectivity index (χ0n) is 25.5. The summed E-state index contributed by atoms with van der Waals surface area (Å²) in [7, 11) is 0. The van der Waals surface area contributed by atoms with E-state index in [0.29, 0.717) is 5.84 Å². The fourth-order valence-corrected chi connectivity index (χ4v) is 6.63. The van der Waals surface area contributed by atoms with E-state index < -0.39 is 0 Å². The van der Waals surface area contributed by atoms with E-state index in [1.54, 1.807) is 0 Å². The second-order valence-corrected chi connectivity index (χ2v) is 11.8. The fraction of sp³-hybridized carbons (Fsp3) is 0.0233. The van der Waals surface area contributed by atoms with Crippen molar-refractivity contribution >= 4 is 44.4 Å². The molecule has 1 atom stereocenters. The summed E-state index contributed by atoms with van der Waals surface area (Å²) < 4.78 is 6.42. The van der Waals surface area contributed by atoms with Crippen molar-refractivity contribution < 1.29 is 4.42 Å². The Kier molecular flexibility index (Phi) is 6.50. The Hall–Kier alpha value is -6.26. The van der Waals surface area contributed by atoms with Crippen LogP contribution in [0.25, 0.3) is 55.0 Å². The number of hydrogen-bond donors (Lipinski definition) is 1. The minimum atomic E-state index is -0.317. The molecule has 0 bridgehead atoms. The van der Waals surface area contributed by atoms with Crippen molar-refractivity contribution in [1.82, 2.24) is 5.32 Å². The Morgan fingerprint density at radius 2 is 1.15 bits per heavy atom. The molecule has 1 unspecified atom stereocenters. The van der Waals surface area contributed by atoms with Crippen molar-refractivity contribution in [1.29, 1.82) is 0 Å². The minimum Gasteiger partial charge on any atom is -0.456 e. The summed E-state index contributed by atoms with van der Waals surface area (Å²) >= 11 is 0. The second kappa shape index (κ2) is 11.3. The normalized spacial score (nSPS) is 14.6. The first-order chi connectivity index (χ1) is 23.3. The Bertz CT molecular complexity index is 2470. The largest absolute Gasteiger partial charge is 0.456 e. The number of nitrogens with one attached hydrogen (secondary N) is 1. The topological polar surface area (TPSA) is 49.9 Å². The van der Waals surface area contributed by atoms with E-state index in [1.807, 2.05) is 36.4 Å². The molecule has 4 heteroatoms. The first-order valence-electron chi connectivity index (χ1n) is 15.9. The zero-order chi connectivity index (χ0) is 31.2. The molecule has 0 saturated carbocycles. The summed E-state index contributed by atoms with van der Waals surface area (Å²) in [5, 5.41) is 8.11. The average molecular weight is 604 g/mol. The lowest BCUT2D eigenvalue weighted by Gasteiger charge is -2.24. The number of amidine groups is 2. The van der Waals surface area contributed by atoms with Crippen LogP contribution in [0.5, 0.6) is 0 Å². The van der Waals surface area contributed by atoms with Gasteiger partial charge in [-0.2, -0.15) is 0 Å². The fourth-order valence-electron chi connectivity index (χ4n) is 6.63. The molecule has 1 aliphatic heterocycles. The molecule has 2 heterocycles. The second-order valence-electron chi connectivity index (χ2n) is 11.8. The molecule has 0 spiro atoms. The highest BCUT2D eigenvalue weighted by Crippen LogP contribution is 2.37. The highest BCUT2D eigenvalue weighted by Gasteiger charge is 2.24. The van der Waals surface area contributed by atoms with Gasteiger partial charge in [0, 0.05) is 21.9 Å². The summed E-state index contributed by atoms with van der Waals surface area (Å²) in [5.74, 6) is 1.46. The van der Waals surface area contributed by atoms with Gasteiger partial charge in [0.2, 0.25) is 0 Å². The van der Waals surface area contributed by atoms with Crippen LogP contribution in [0.3, 0.4) is 0 Å². The van der Waals surface area contributed by atoms with Crippen LogP contribution in [0, 0.1) is 0 Å². The van der Waals surface area contributed by atoms with E-state index in [-0.39, 0.29) is 6.17 Å². The summed E-state index contributed by atoms with van der Waals surface area (Å²) in [6.45, 7) is 0. The van der Waals surface area contributed by atoms with E-state index in [9.17, 15) is 0 Å². The van der Waals surface area contributed by atoms with Crippen LogP contribution in [0.4, 0.5) is 0 Å². The molecule has 0 amide bonds. The van der Waals surface area contributed by atoms with Gasteiger partial charge in [-0.05, 0) is 56.8 Å². The average Bonchev–Trinajstić information content (AvgIpc) is 3.53. The lowest BCUT2D eigenvalue weighted by Crippen LogP contribution is -2.33. The van der Waals surface area contributed by atoms with Crippen LogP contribution in [0.15, 0.2) is 178 Å². The van der Waals surface area contributed by atoms with Crippen LogP contribution < -0.4 is 5.32 Å². The van der Waals surface area contributed by atoms with Gasteiger partial charge in [-0.1, -0.05) is 146 Å². The van der Waals surface area contributed by atoms with Crippen LogP contribution in [0.2, 0.25) is 0 Å². The molecule has 0 aliphatic carbocycles. The standard InChI is InChI=1S/C43H29N3O/c1-3-11-28(12-4-1)29-21-23-32(24-22-29)42-44-41(31-14-5-2-6-15-31)45-43(46-42)36-19-10-20-39-40(36)37-27-33(25-26-38(37)47-39)35-18-9-16-30-13-7-8-17-34(30)35/h1-27,42H,(H,44,45,46). The first kappa shape index (κ1) is 27.1. The predicted molar refractivity (Wildman–Crippen MR) is 194 cm³/mol. The van der Waals surface area contributed by atoms with Crippen molar-refractivity contribution in [2.24, 2.45) is 9.98 Å². The smallest absolute Gasteiger partial charge is 0.160 e. The van der Waals surface area contributed by atoms with E-state index in [0.717, 1.165) is 50.0 Å². The summed E-state index contributed by atoms with van der Waals surface area (Å²) in [6, 6.07) is 56.9. The van der Waals surface area contributed by atoms with Crippen molar-refractivity contribution in [2.75, 3.05) is 0 Å². The molecule has 1 N–H and O–H groups in total. The molecule has 4 nitrogen and oxygen atoms in total. The highest BCUT2D eigenvalue weighted by atomic mass is 16.3.